The first-order valence-corrected chi connectivity index (χ1v) is 12.1. The molecule has 2 aliphatic heterocycles. The lowest BCUT2D eigenvalue weighted by Gasteiger charge is -2.46. The molecular weight excluding hydrogens is 446 g/mol. The summed E-state index contributed by atoms with van der Waals surface area (Å²) in [5, 5.41) is 24.0. The molecule has 2 heterocycles. The second-order valence-corrected chi connectivity index (χ2v) is 10.1. The van der Waals surface area contributed by atoms with Gasteiger partial charge in [0.15, 0.2) is 5.78 Å². The van der Waals surface area contributed by atoms with Gasteiger partial charge in [-0.2, -0.15) is 0 Å². The summed E-state index contributed by atoms with van der Waals surface area (Å²) in [6, 6.07) is 6.42. The number of rotatable bonds is 2. The van der Waals surface area contributed by atoms with Crippen molar-refractivity contribution >= 4 is 17.7 Å². The summed E-state index contributed by atoms with van der Waals surface area (Å²) in [7, 11) is 0. The zero-order chi connectivity index (χ0) is 25.5. The highest BCUT2D eigenvalue weighted by Crippen LogP contribution is 2.50. The number of allylic oxidation sites excluding steroid dienone is 2. The average molecular weight is 480 g/mol. The topological polar surface area (TPSA) is 113 Å². The molecule has 0 bridgehead atoms. The molecule has 1 fully saturated rings. The van der Waals surface area contributed by atoms with Crippen molar-refractivity contribution in [2.45, 2.75) is 64.7 Å². The first-order valence-electron chi connectivity index (χ1n) is 12.1. The molecular formula is C28H33NO6. The Balaban J connectivity index is 1.81. The molecule has 1 aliphatic carbocycles. The quantitative estimate of drug-likeness (QED) is 0.444. The number of aromatic hydroxyl groups is 1. The second kappa shape index (κ2) is 9.46. The molecule has 1 amide bonds. The largest absolute Gasteiger partial charge is 0.508 e. The van der Waals surface area contributed by atoms with E-state index in [1.807, 2.05) is 26.8 Å². The van der Waals surface area contributed by atoms with Gasteiger partial charge in [-0.3, -0.25) is 14.4 Å². The Bertz CT molecular complexity index is 1130. The molecule has 1 aromatic rings. The van der Waals surface area contributed by atoms with E-state index < -0.39 is 35.4 Å². The first-order chi connectivity index (χ1) is 16.6. The van der Waals surface area contributed by atoms with Gasteiger partial charge in [0.2, 0.25) is 5.60 Å². The van der Waals surface area contributed by atoms with Crippen molar-refractivity contribution < 1.29 is 29.3 Å². The summed E-state index contributed by atoms with van der Waals surface area (Å²) in [6.07, 6.45) is 4.88. The van der Waals surface area contributed by atoms with E-state index in [-0.39, 0.29) is 29.9 Å². The Labute approximate surface area is 205 Å². The third-order valence-electron chi connectivity index (χ3n) is 7.82. The zero-order valence-electron chi connectivity index (χ0n) is 20.6. The molecule has 1 saturated heterocycles. The van der Waals surface area contributed by atoms with Crippen LogP contribution < -0.4 is 5.32 Å². The number of esters is 1. The van der Waals surface area contributed by atoms with Crippen molar-refractivity contribution in [3.63, 3.8) is 0 Å². The number of carbonyl (C=O) groups excluding carboxylic acids is 3. The van der Waals surface area contributed by atoms with Crippen LogP contribution in [0.5, 0.6) is 5.75 Å². The lowest BCUT2D eigenvalue weighted by molar-refractivity contribution is -0.179. The monoisotopic (exact) mass is 479 g/mol. The minimum Gasteiger partial charge on any atom is -0.508 e. The number of amides is 1. The van der Waals surface area contributed by atoms with Crippen LogP contribution in [0.25, 0.3) is 0 Å². The van der Waals surface area contributed by atoms with Gasteiger partial charge in [0.25, 0.3) is 5.91 Å². The minimum absolute atomic E-state index is 0.0423. The van der Waals surface area contributed by atoms with Crippen molar-refractivity contribution in [1.29, 1.82) is 0 Å². The molecule has 186 valence electrons. The van der Waals surface area contributed by atoms with Gasteiger partial charge >= 0.3 is 5.97 Å². The number of carbonyl (C=O) groups is 3. The molecule has 4 rings (SSSR count). The van der Waals surface area contributed by atoms with Crippen LogP contribution >= 0.6 is 0 Å². The van der Waals surface area contributed by atoms with Gasteiger partial charge < -0.3 is 20.3 Å². The Hall–Kier alpha value is -3.19. The van der Waals surface area contributed by atoms with Crippen molar-refractivity contribution in [2.24, 2.45) is 17.8 Å². The van der Waals surface area contributed by atoms with E-state index >= 15 is 0 Å². The summed E-state index contributed by atoms with van der Waals surface area (Å²) in [5.74, 6) is -2.50. The number of ketones is 1. The van der Waals surface area contributed by atoms with Gasteiger partial charge in [0, 0.05) is 12.0 Å². The van der Waals surface area contributed by atoms with E-state index in [2.05, 4.69) is 5.32 Å². The van der Waals surface area contributed by atoms with E-state index in [1.54, 1.807) is 43.3 Å². The Morgan fingerprint density at radius 1 is 1.09 bits per heavy atom. The van der Waals surface area contributed by atoms with Gasteiger partial charge in [-0.1, -0.05) is 42.9 Å². The van der Waals surface area contributed by atoms with Gasteiger partial charge in [-0.15, -0.1) is 0 Å². The summed E-state index contributed by atoms with van der Waals surface area (Å²) in [5.41, 5.74) is 1.37. The smallest absolute Gasteiger partial charge is 0.310 e. The molecule has 7 heteroatoms. The fourth-order valence-electron chi connectivity index (χ4n) is 5.74. The van der Waals surface area contributed by atoms with Crippen molar-refractivity contribution in [1.82, 2.24) is 5.32 Å². The molecule has 0 unspecified atom stereocenters. The molecule has 1 aromatic carbocycles. The molecule has 6 atom stereocenters. The number of benzene rings is 1. The van der Waals surface area contributed by atoms with Crippen molar-refractivity contribution in [3.8, 4) is 5.75 Å². The number of nitrogens with one attached hydrogen (secondary N) is 1. The lowest BCUT2D eigenvalue weighted by Crippen LogP contribution is -2.59. The summed E-state index contributed by atoms with van der Waals surface area (Å²) < 4.78 is 6.05. The molecule has 0 saturated carbocycles. The fraction of sp³-hybridized carbons (Fsp3) is 0.464. The maximum absolute atomic E-state index is 13.7. The molecule has 3 N–H and O–H groups in total. The maximum Gasteiger partial charge on any atom is 0.310 e. The van der Waals surface area contributed by atoms with E-state index in [1.165, 1.54) is 0 Å². The summed E-state index contributed by atoms with van der Waals surface area (Å²) >= 11 is 0. The molecule has 1 spiro atoms. The number of ether oxygens (including phenoxy) is 1. The van der Waals surface area contributed by atoms with E-state index in [0.717, 1.165) is 16.7 Å². The van der Waals surface area contributed by atoms with Crippen molar-refractivity contribution in [2.75, 3.05) is 0 Å². The number of phenolic OH excluding ortho intramolecular Hbond substituents is 1. The highest BCUT2D eigenvalue weighted by atomic mass is 16.6. The number of aliphatic hydroxyl groups excluding tert-OH is 1. The number of Topliss-reactive ketones (excluding diaryl/α,β-unsaturated/α-hetero) is 1. The van der Waals surface area contributed by atoms with Gasteiger partial charge in [0.1, 0.15) is 5.75 Å². The lowest BCUT2D eigenvalue weighted by atomic mass is 9.63. The first kappa shape index (κ1) is 24.9. The van der Waals surface area contributed by atoms with E-state index in [0.29, 0.717) is 18.4 Å². The molecule has 35 heavy (non-hydrogen) atoms. The average Bonchev–Trinajstić information content (AvgIpc) is 3.09. The zero-order valence-corrected chi connectivity index (χ0v) is 20.6. The standard InChI is InChI=1S/C28H33NO6/c1-15-6-5-7-21-26(33)18(4)17(3)24-22(14-19-9-11-20(30)12-10-19)29-27(34)28(21,24)35-23(31)13-8-16(2)25(15)32/h5,7-12,15,21-22,24,26,30,33H,6,13-14H2,1-4H3,(H,29,34)/b7-5+,16-8-/t15-,21-,22-,24-,26+,28+/m0/s1. The number of hydrogen-bond donors (Lipinski definition) is 3. The van der Waals surface area contributed by atoms with Gasteiger partial charge in [-0.25, -0.2) is 0 Å². The van der Waals surface area contributed by atoms with Crippen LogP contribution in [0.4, 0.5) is 0 Å². The summed E-state index contributed by atoms with van der Waals surface area (Å²) in [4.78, 5) is 39.3. The molecule has 0 aromatic heterocycles. The second-order valence-electron chi connectivity index (χ2n) is 10.1. The number of hydrogen-bond acceptors (Lipinski definition) is 6. The van der Waals surface area contributed by atoms with Gasteiger partial charge in [0.05, 0.1) is 24.4 Å². The van der Waals surface area contributed by atoms with Crippen LogP contribution in [0.15, 0.2) is 59.2 Å². The van der Waals surface area contributed by atoms with Crippen LogP contribution in [0, 0.1) is 17.8 Å². The van der Waals surface area contributed by atoms with Crippen LogP contribution in [0.3, 0.4) is 0 Å². The highest BCUT2D eigenvalue weighted by Gasteiger charge is 2.66. The van der Waals surface area contributed by atoms with Crippen molar-refractivity contribution in [3.05, 3.63) is 64.8 Å². The van der Waals surface area contributed by atoms with Crippen LogP contribution in [-0.4, -0.2) is 45.6 Å². The molecule has 7 nitrogen and oxygen atoms in total. The predicted octanol–water partition coefficient (Wildman–Crippen LogP) is 3.16. The van der Waals surface area contributed by atoms with Crippen LogP contribution in [0.1, 0.15) is 46.1 Å². The van der Waals surface area contributed by atoms with E-state index in [4.69, 9.17) is 4.74 Å². The van der Waals surface area contributed by atoms with Crippen LogP contribution in [0.2, 0.25) is 0 Å². The molecule has 3 aliphatic rings. The highest BCUT2D eigenvalue weighted by molar-refractivity contribution is 5.97. The van der Waals surface area contributed by atoms with E-state index in [9.17, 15) is 24.6 Å². The predicted molar refractivity (Wildman–Crippen MR) is 130 cm³/mol. The number of phenols is 1. The Morgan fingerprint density at radius 2 is 1.77 bits per heavy atom. The third-order valence-corrected chi connectivity index (χ3v) is 7.82. The minimum atomic E-state index is -1.60. The van der Waals surface area contributed by atoms with Crippen LogP contribution in [-0.2, 0) is 25.5 Å². The molecule has 0 radical (unpaired) electrons. The SMILES string of the molecule is CC1=C(C)[C@H]2[C@H](Cc3ccc(O)cc3)NC(=O)[C@]23OC(=O)C/C=C(/C)C(=O)[C@@H](C)C/C=C/[C@H]3[C@@H]1O. The Morgan fingerprint density at radius 3 is 2.46 bits per heavy atom. The fourth-order valence-corrected chi connectivity index (χ4v) is 5.74. The number of aliphatic hydroxyl groups is 1. The van der Waals surface area contributed by atoms with Gasteiger partial charge in [-0.05, 0) is 62.5 Å². The Kier molecular flexibility index (Phi) is 6.73. The maximum atomic E-state index is 13.7. The summed E-state index contributed by atoms with van der Waals surface area (Å²) in [6.45, 7) is 7.23. The normalized spacial score (nSPS) is 36.1. The third kappa shape index (κ3) is 4.33.